The van der Waals surface area contributed by atoms with Crippen LogP contribution in [0.15, 0.2) is 0 Å². The lowest BCUT2D eigenvalue weighted by Crippen LogP contribution is -2.67. The monoisotopic (exact) mass is 288 g/mol. The molecule has 1 aliphatic heterocycles. The minimum Gasteiger partial charge on any atom is -0.477 e. The molecule has 0 saturated carbocycles. The zero-order valence-corrected chi connectivity index (χ0v) is 9.43. The fraction of sp³-hybridized carbons (Fsp3) is 0.889. The molecule has 0 aromatic heterocycles. The molecule has 0 spiro atoms. The van der Waals surface area contributed by atoms with Crippen LogP contribution in [0.1, 0.15) is 0 Å². The maximum absolute atomic E-state index is 13.8. The van der Waals surface area contributed by atoms with E-state index in [9.17, 15) is 28.9 Å². The van der Waals surface area contributed by atoms with E-state index < -0.39 is 55.1 Å². The first-order valence-electron chi connectivity index (χ1n) is 5.24. The standard InChI is InChI=1S/C9H14F2O8/c10-7-5(16)4(15)6(3(14)2(13)1-12)19-9(7,11)8(17)18/h2-7,12-16H,1H2,(H,17,18)/t2-,3-,4-,5?,6?,7+,9-/m1/s1. The summed E-state index contributed by atoms with van der Waals surface area (Å²) in [5.41, 5.74) is 0. The van der Waals surface area contributed by atoms with Gasteiger partial charge in [-0.2, -0.15) is 4.39 Å². The predicted octanol–water partition coefficient (Wildman–Crippen LogP) is -3.09. The second-order valence-electron chi connectivity index (χ2n) is 4.16. The Labute approximate surface area is 105 Å². The molecule has 1 rings (SSSR count). The molecule has 1 aliphatic rings. The third kappa shape index (κ3) is 2.68. The molecule has 7 atom stereocenters. The molecule has 8 nitrogen and oxygen atoms in total. The van der Waals surface area contributed by atoms with Crippen LogP contribution in [0.3, 0.4) is 0 Å². The van der Waals surface area contributed by atoms with E-state index in [0.29, 0.717) is 0 Å². The van der Waals surface area contributed by atoms with Gasteiger partial charge in [-0.15, -0.1) is 0 Å². The topological polar surface area (TPSA) is 148 Å². The van der Waals surface area contributed by atoms with E-state index >= 15 is 0 Å². The molecule has 1 saturated heterocycles. The molecule has 6 N–H and O–H groups in total. The maximum atomic E-state index is 13.8. The number of carboxylic acid groups (broad SMARTS) is 1. The SMILES string of the molecule is O=C(O)[C@]1(F)OC([C@H](O)[C@H](O)CO)[C@H](O)C(O)[C@@H]1F. The minimum absolute atomic E-state index is 1.00. The third-order valence-corrected chi connectivity index (χ3v) is 2.86. The summed E-state index contributed by atoms with van der Waals surface area (Å²) in [6.07, 6.45) is -13.9. The van der Waals surface area contributed by atoms with Gasteiger partial charge in [0.25, 0.3) is 0 Å². The van der Waals surface area contributed by atoms with Crippen LogP contribution >= 0.6 is 0 Å². The number of alkyl halides is 2. The van der Waals surface area contributed by atoms with Crippen molar-refractivity contribution < 1.29 is 49.0 Å². The van der Waals surface area contributed by atoms with Crippen molar-refractivity contribution in [3.8, 4) is 0 Å². The van der Waals surface area contributed by atoms with Crippen LogP contribution in [-0.4, -0.2) is 85.8 Å². The number of halogens is 2. The molecule has 2 unspecified atom stereocenters. The summed E-state index contributed by atoms with van der Waals surface area (Å²) in [6.45, 7) is -1.00. The molecular weight excluding hydrogens is 274 g/mol. The van der Waals surface area contributed by atoms with Gasteiger partial charge in [-0.05, 0) is 0 Å². The molecule has 10 heteroatoms. The Kier molecular flexibility index (Phi) is 4.76. The molecule has 0 amide bonds. The molecule has 1 fully saturated rings. The fourth-order valence-electron chi connectivity index (χ4n) is 1.69. The van der Waals surface area contributed by atoms with Gasteiger partial charge in [0.05, 0.1) is 6.61 Å². The van der Waals surface area contributed by atoms with Crippen molar-refractivity contribution in [3.63, 3.8) is 0 Å². The van der Waals surface area contributed by atoms with Crippen LogP contribution < -0.4 is 0 Å². The summed E-state index contributed by atoms with van der Waals surface area (Å²) in [7, 11) is 0. The summed E-state index contributed by atoms with van der Waals surface area (Å²) in [6, 6.07) is 0. The second-order valence-corrected chi connectivity index (χ2v) is 4.16. The van der Waals surface area contributed by atoms with Crippen LogP contribution in [0.5, 0.6) is 0 Å². The Balaban J connectivity index is 3.04. The van der Waals surface area contributed by atoms with Gasteiger partial charge in [0.1, 0.15) is 30.5 Å². The highest BCUT2D eigenvalue weighted by Crippen LogP contribution is 2.35. The number of ether oxygens (including phenoxy) is 1. The quantitative estimate of drug-likeness (QED) is 0.319. The molecule has 1 heterocycles. The van der Waals surface area contributed by atoms with E-state index in [1.165, 1.54) is 0 Å². The van der Waals surface area contributed by atoms with E-state index in [2.05, 4.69) is 4.74 Å². The third-order valence-electron chi connectivity index (χ3n) is 2.86. The van der Waals surface area contributed by atoms with E-state index in [1.54, 1.807) is 0 Å². The van der Waals surface area contributed by atoms with Gasteiger partial charge in [0, 0.05) is 0 Å². The summed E-state index contributed by atoms with van der Waals surface area (Å²) < 4.78 is 31.3. The van der Waals surface area contributed by atoms with Gasteiger partial charge >= 0.3 is 11.8 Å². The Morgan fingerprint density at radius 3 is 2.26 bits per heavy atom. The number of carbonyl (C=O) groups is 1. The fourth-order valence-corrected chi connectivity index (χ4v) is 1.69. The predicted molar refractivity (Wildman–Crippen MR) is 52.4 cm³/mol. The first-order valence-corrected chi connectivity index (χ1v) is 5.24. The highest BCUT2D eigenvalue weighted by molar-refractivity contribution is 5.76. The summed E-state index contributed by atoms with van der Waals surface area (Å²) in [5, 5.41) is 54.3. The van der Waals surface area contributed by atoms with E-state index in [1.807, 2.05) is 0 Å². The number of rotatable bonds is 4. The molecule has 0 aliphatic carbocycles. The molecule has 112 valence electrons. The molecule has 0 aromatic rings. The van der Waals surface area contributed by atoms with Crippen LogP contribution in [0.25, 0.3) is 0 Å². The van der Waals surface area contributed by atoms with E-state index in [0.717, 1.165) is 0 Å². The van der Waals surface area contributed by atoms with Crippen LogP contribution in [-0.2, 0) is 9.53 Å². The van der Waals surface area contributed by atoms with Crippen molar-refractivity contribution in [3.05, 3.63) is 0 Å². The number of hydrogen-bond acceptors (Lipinski definition) is 7. The maximum Gasteiger partial charge on any atom is 0.372 e. The number of aliphatic hydroxyl groups excluding tert-OH is 5. The lowest BCUT2D eigenvalue weighted by Gasteiger charge is -2.43. The van der Waals surface area contributed by atoms with Gasteiger partial charge in [-0.1, -0.05) is 0 Å². The average molecular weight is 288 g/mol. The highest BCUT2D eigenvalue weighted by Gasteiger charge is 2.62. The van der Waals surface area contributed by atoms with Crippen molar-refractivity contribution in [1.82, 2.24) is 0 Å². The zero-order valence-electron chi connectivity index (χ0n) is 9.43. The number of hydrogen-bond donors (Lipinski definition) is 6. The molecule has 0 bridgehead atoms. The van der Waals surface area contributed by atoms with Crippen molar-refractivity contribution in [2.45, 2.75) is 42.5 Å². The first kappa shape index (κ1) is 16.1. The Bertz CT molecular complexity index is 338. The van der Waals surface area contributed by atoms with Crippen LogP contribution in [0.4, 0.5) is 8.78 Å². The number of aliphatic carboxylic acids is 1. The molecular formula is C9H14F2O8. The summed E-state index contributed by atoms with van der Waals surface area (Å²) >= 11 is 0. The van der Waals surface area contributed by atoms with Crippen molar-refractivity contribution in [2.75, 3.05) is 6.61 Å². The Hall–Kier alpha value is -0.910. The Morgan fingerprint density at radius 1 is 1.32 bits per heavy atom. The smallest absolute Gasteiger partial charge is 0.372 e. The normalized spacial score (nSPS) is 42.7. The van der Waals surface area contributed by atoms with E-state index in [-0.39, 0.29) is 0 Å². The highest BCUT2D eigenvalue weighted by atomic mass is 19.2. The Morgan fingerprint density at radius 2 is 1.84 bits per heavy atom. The minimum atomic E-state index is -3.99. The molecule has 19 heavy (non-hydrogen) atoms. The lowest BCUT2D eigenvalue weighted by molar-refractivity contribution is -0.313. The van der Waals surface area contributed by atoms with Gasteiger partial charge in [0.2, 0.25) is 0 Å². The van der Waals surface area contributed by atoms with Crippen molar-refractivity contribution in [2.24, 2.45) is 0 Å². The molecule has 0 radical (unpaired) electrons. The molecule has 0 aromatic carbocycles. The van der Waals surface area contributed by atoms with Crippen molar-refractivity contribution in [1.29, 1.82) is 0 Å². The van der Waals surface area contributed by atoms with Gasteiger partial charge in [-0.3, -0.25) is 0 Å². The van der Waals surface area contributed by atoms with Gasteiger partial charge < -0.3 is 35.4 Å². The first-order chi connectivity index (χ1) is 8.66. The van der Waals surface area contributed by atoms with Gasteiger partial charge in [0.15, 0.2) is 6.17 Å². The zero-order chi connectivity index (χ0) is 15.0. The average Bonchev–Trinajstić information content (AvgIpc) is 2.38. The lowest BCUT2D eigenvalue weighted by atomic mass is 9.90. The van der Waals surface area contributed by atoms with E-state index in [4.69, 9.17) is 15.3 Å². The van der Waals surface area contributed by atoms with Crippen molar-refractivity contribution >= 4 is 5.97 Å². The second kappa shape index (κ2) is 5.61. The number of aliphatic hydroxyl groups is 5. The number of carboxylic acids is 1. The summed E-state index contributed by atoms with van der Waals surface area (Å²) in [4.78, 5) is 10.6. The largest absolute Gasteiger partial charge is 0.477 e. The summed E-state index contributed by atoms with van der Waals surface area (Å²) in [5.74, 6) is -6.39. The van der Waals surface area contributed by atoms with Gasteiger partial charge in [-0.25, -0.2) is 9.18 Å². The van der Waals surface area contributed by atoms with Crippen LogP contribution in [0, 0.1) is 0 Å². The van der Waals surface area contributed by atoms with Crippen LogP contribution in [0.2, 0.25) is 0 Å².